The summed E-state index contributed by atoms with van der Waals surface area (Å²) in [6.45, 7) is 1.92. The molecule has 1 saturated heterocycles. The lowest BCUT2D eigenvalue weighted by atomic mass is 10.1. The number of carbonyl (C=O) groups is 2. The van der Waals surface area contributed by atoms with E-state index in [9.17, 15) is 9.59 Å². The summed E-state index contributed by atoms with van der Waals surface area (Å²) in [5.74, 6) is -0.871. The van der Waals surface area contributed by atoms with E-state index in [1.165, 1.54) is 0 Å². The molecule has 1 aliphatic heterocycles. The van der Waals surface area contributed by atoms with Crippen LogP contribution in [0.25, 0.3) is 10.9 Å². The minimum absolute atomic E-state index is 0.175. The van der Waals surface area contributed by atoms with Gasteiger partial charge in [-0.3, -0.25) is 4.79 Å². The third kappa shape index (κ3) is 3.87. The summed E-state index contributed by atoms with van der Waals surface area (Å²) in [4.78, 5) is 31.9. The van der Waals surface area contributed by atoms with E-state index in [1.807, 2.05) is 48.5 Å². The normalized spacial score (nSPS) is 15.2. The van der Waals surface area contributed by atoms with Crippen LogP contribution in [-0.2, 0) is 14.3 Å². The fourth-order valence-electron chi connectivity index (χ4n) is 3.19. The molecule has 0 unspecified atom stereocenters. The second-order valence-corrected chi connectivity index (χ2v) is 6.52. The smallest absolute Gasteiger partial charge is 0.358 e. The zero-order valence-electron chi connectivity index (χ0n) is 15.3. The van der Waals surface area contributed by atoms with Gasteiger partial charge in [-0.1, -0.05) is 54.6 Å². The van der Waals surface area contributed by atoms with Gasteiger partial charge in [0.25, 0.3) is 5.91 Å². The fourth-order valence-corrected chi connectivity index (χ4v) is 3.19. The van der Waals surface area contributed by atoms with Crippen molar-refractivity contribution in [2.75, 3.05) is 26.3 Å². The second kappa shape index (κ2) is 8.19. The van der Waals surface area contributed by atoms with Gasteiger partial charge in [0.2, 0.25) is 6.10 Å². The molecule has 0 saturated carbocycles. The third-order valence-corrected chi connectivity index (χ3v) is 4.68. The van der Waals surface area contributed by atoms with Gasteiger partial charge in [0, 0.05) is 24.0 Å². The molecule has 2 aromatic carbocycles. The topological polar surface area (TPSA) is 68.7 Å². The number of morpholine rings is 1. The Morgan fingerprint density at radius 2 is 1.64 bits per heavy atom. The number of amides is 1. The van der Waals surface area contributed by atoms with Gasteiger partial charge in [0.05, 0.1) is 18.7 Å². The van der Waals surface area contributed by atoms with Gasteiger partial charge in [-0.2, -0.15) is 0 Å². The van der Waals surface area contributed by atoms with Gasteiger partial charge in [0.15, 0.2) is 0 Å². The van der Waals surface area contributed by atoms with Crippen molar-refractivity contribution >= 4 is 22.8 Å². The van der Waals surface area contributed by atoms with Gasteiger partial charge in [-0.05, 0) is 12.1 Å². The molecule has 2 heterocycles. The van der Waals surface area contributed by atoms with Crippen LogP contribution < -0.4 is 0 Å². The Morgan fingerprint density at radius 3 is 2.43 bits per heavy atom. The number of carbonyl (C=O) groups excluding carboxylic acids is 2. The van der Waals surface area contributed by atoms with Crippen LogP contribution in [-0.4, -0.2) is 48.1 Å². The van der Waals surface area contributed by atoms with Crippen LogP contribution in [0.1, 0.15) is 22.2 Å². The first-order chi connectivity index (χ1) is 13.7. The molecule has 28 heavy (non-hydrogen) atoms. The summed E-state index contributed by atoms with van der Waals surface area (Å²) in [5, 5.41) is 0.933. The third-order valence-electron chi connectivity index (χ3n) is 4.68. The van der Waals surface area contributed by atoms with E-state index in [1.54, 1.807) is 23.1 Å². The Bertz CT molecular complexity index is 984. The molecule has 0 aliphatic carbocycles. The number of aromatic nitrogens is 1. The van der Waals surface area contributed by atoms with E-state index in [0.29, 0.717) is 37.4 Å². The summed E-state index contributed by atoms with van der Waals surface area (Å²) < 4.78 is 11.0. The molecule has 1 aliphatic rings. The summed E-state index contributed by atoms with van der Waals surface area (Å²) in [7, 11) is 0. The molecular formula is C22H20N2O4. The summed E-state index contributed by atoms with van der Waals surface area (Å²) in [5.41, 5.74) is 1.51. The Kier molecular flexibility index (Phi) is 5.30. The highest BCUT2D eigenvalue weighted by atomic mass is 16.5. The lowest BCUT2D eigenvalue weighted by Gasteiger charge is -2.30. The zero-order valence-corrected chi connectivity index (χ0v) is 15.3. The lowest BCUT2D eigenvalue weighted by Crippen LogP contribution is -2.44. The number of fused-ring (bicyclic) bond motifs is 1. The van der Waals surface area contributed by atoms with Crippen LogP contribution in [0, 0.1) is 0 Å². The molecule has 1 fully saturated rings. The van der Waals surface area contributed by atoms with Crippen molar-refractivity contribution in [3.8, 4) is 0 Å². The maximum absolute atomic E-state index is 13.1. The maximum atomic E-state index is 13.1. The SMILES string of the molecule is O=C(O[C@H](C(=O)N1CCOCC1)c1ccccc1)c1ccc2ccccc2n1. The van der Waals surface area contributed by atoms with Gasteiger partial charge < -0.3 is 14.4 Å². The second-order valence-electron chi connectivity index (χ2n) is 6.52. The first-order valence-electron chi connectivity index (χ1n) is 9.20. The molecule has 6 heteroatoms. The monoisotopic (exact) mass is 376 g/mol. The molecule has 0 bridgehead atoms. The number of rotatable bonds is 4. The molecule has 4 rings (SSSR count). The molecular weight excluding hydrogens is 356 g/mol. The van der Waals surface area contributed by atoms with E-state index in [4.69, 9.17) is 9.47 Å². The Hall–Kier alpha value is -3.25. The van der Waals surface area contributed by atoms with Crippen molar-refractivity contribution in [1.29, 1.82) is 0 Å². The van der Waals surface area contributed by atoms with Crippen molar-refractivity contribution in [2.45, 2.75) is 6.10 Å². The summed E-state index contributed by atoms with van der Waals surface area (Å²) in [6.07, 6.45) is -1.01. The average Bonchev–Trinajstić information content (AvgIpc) is 2.77. The Labute approximate surface area is 162 Å². The number of hydrogen-bond acceptors (Lipinski definition) is 5. The maximum Gasteiger partial charge on any atom is 0.358 e. The molecule has 1 atom stereocenters. The lowest BCUT2D eigenvalue weighted by molar-refractivity contribution is -0.145. The molecule has 3 aromatic rings. The largest absolute Gasteiger partial charge is 0.443 e. The van der Waals surface area contributed by atoms with Gasteiger partial charge >= 0.3 is 5.97 Å². The first-order valence-corrected chi connectivity index (χ1v) is 9.20. The Balaban J connectivity index is 1.60. The van der Waals surface area contributed by atoms with Crippen LogP contribution in [0.3, 0.4) is 0 Å². The van der Waals surface area contributed by atoms with E-state index in [0.717, 1.165) is 5.39 Å². The standard InChI is InChI=1S/C22H20N2O4/c25-21(24-12-14-27-15-13-24)20(17-7-2-1-3-8-17)28-22(26)19-11-10-16-6-4-5-9-18(16)23-19/h1-11,20H,12-15H2/t20-/m0/s1. The van der Waals surface area contributed by atoms with E-state index >= 15 is 0 Å². The van der Waals surface area contributed by atoms with E-state index in [2.05, 4.69) is 4.98 Å². The molecule has 1 amide bonds. The molecule has 0 spiro atoms. The highest BCUT2D eigenvalue weighted by Gasteiger charge is 2.31. The number of pyridine rings is 1. The van der Waals surface area contributed by atoms with Crippen LogP contribution in [0.15, 0.2) is 66.7 Å². The molecule has 142 valence electrons. The minimum Gasteiger partial charge on any atom is -0.443 e. The predicted octanol–water partition coefficient (Wildman–Crippen LogP) is 2.99. The molecule has 0 radical (unpaired) electrons. The number of hydrogen-bond donors (Lipinski definition) is 0. The van der Waals surface area contributed by atoms with Crippen LogP contribution in [0.2, 0.25) is 0 Å². The number of para-hydroxylation sites is 1. The van der Waals surface area contributed by atoms with Crippen molar-refractivity contribution in [1.82, 2.24) is 9.88 Å². The van der Waals surface area contributed by atoms with Crippen LogP contribution in [0.5, 0.6) is 0 Å². The molecule has 0 N–H and O–H groups in total. The van der Waals surface area contributed by atoms with Gasteiger partial charge in [-0.25, -0.2) is 9.78 Å². The molecule has 6 nitrogen and oxygen atoms in total. The Morgan fingerprint density at radius 1 is 0.929 bits per heavy atom. The minimum atomic E-state index is -1.01. The number of esters is 1. The quantitative estimate of drug-likeness (QED) is 0.655. The van der Waals surface area contributed by atoms with Crippen molar-refractivity contribution < 1.29 is 19.1 Å². The summed E-state index contributed by atoms with van der Waals surface area (Å²) in [6, 6.07) is 20.0. The number of benzene rings is 2. The van der Waals surface area contributed by atoms with Crippen molar-refractivity contribution in [2.24, 2.45) is 0 Å². The van der Waals surface area contributed by atoms with Crippen LogP contribution >= 0.6 is 0 Å². The van der Waals surface area contributed by atoms with Crippen molar-refractivity contribution in [3.63, 3.8) is 0 Å². The average molecular weight is 376 g/mol. The van der Waals surface area contributed by atoms with E-state index in [-0.39, 0.29) is 11.6 Å². The highest BCUT2D eigenvalue weighted by Crippen LogP contribution is 2.23. The van der Waals surface area contributed by atoms with Gasteiger partial charge in [-0.15, -0.1) is 0 Å². The number of ether oxygens (including phenoxy) is 2. The van der Waals surface area contributed by atoms with Crippen LogP contribution in [0.4, 0.5) is 0 Å². The first kappa shape index (κ1) is 18.1. The van der Waals surface area contributed by atoms with Gasteiger partial charge in [0.1, 0.15) is 5.69 Å². The van der Waals surface area contributed by atoms with E-state index < -0.39 is 12.1 Å². The summed E-state index contributed by atoms with van der Waals surface area (Å²) >= 11 is 0. The number of nitrogens with zero attached hydrogens (tertiary/aromatic N) is 2. The fraction of sp³-hybridized carbons (Fsp3) is 0.227. The van der Waals surface area contributed by atoms with Crippen molar-refractivity contribution in [3.05, 3.63) is 78.0 Å². The predicted molar refractivity (Wildman–Crippen MR) is 104 cm³/mol. The zero-order chi connectivity index (χ0) is 19.3. The molecule has 1 aromatic heterocycles. The highest BCUT2D eigenvalue weighted by molar-refractivity contribution is 5.93.